The van der Waals surface area contributed by atoms with Crippen LogP contribution >= 0.6 is 11.6 Å². The fourth-order valence-corrected chi connectivity index (χ4v) is 6.49. The van der Waals surface area contributed by atoms with E-state index >= 15 is 0 Å². The van der Waals surface area contributed by atoms with E-state index < -0.39 is 28.3 Å². The van der Waals surface area contributed by atoms with Crippen molar-refractivity contribution in [2.24, 2.45) is 0 Å². The van der Waals surface area contributed by atoms with E-state index in [-0.39, 0.29) is 43.1 Å². The predicted molar refractivity (Wildman–Crippen MR) is 116 cm³/mol. The van der Waals surface area contributed by atoms with Crippen LogP contribution in [0.4, 0.5) is 0 Å². The first kappa shape index (κ1) is 23.9. The smallest absolute Gasteiger partial charge is 0.243 e. The number of hydrogen-bond donors (Lipinski definition) is 1. The number of rotatable bonds is 4. The quantitative estimate of drug-likeness (QED) is 0.670. The summed E-state index contributed by atoms with van der Waals surface area (Å²) in [6.45, 7) is 2.27. The van der Waals surface area contributed by atoms with Crippen molar-refractivity contribution < 1.29 is 32.5 Å². The zero-order valence-electron chi connectivity index (χ0n) is 17.8. The Kier molecular flexibility index (Phi) is 7.71. The van der Waals surface area contributed by atoms with Gasteiger partial charge in [0.2, 0.25) is 15.9 Å². The number of ether oxygens (including phenoxy) is 3. The summed E-state index contributed by atoms with van der Waals surface area (Å²) in [5, 5.41) is 10.6. The van der Waals surface area contributed by atoms with E-state index in [2.05, 4.69) is 0 Å². The number of amides is 1. The fraction of sp³-hybridized carbons (Fsp3) is 0.667. The number of morpholine rings is 1. The summed E-state index contributed by atoms with van der Waals surface area (Å²) in [6, 6.07) is 5.58. The highest BCUT2D eigenvalue weighted by Crippen LogP contribution is 2.32. The first-order valence-corrected chi connectivity index (χ1v) is 12.7. The molecule has 0 aliphatic carbocycles. The Labute approximate surface area is 193 Å². The molecule has 3 saturated heterocycles. The Hall–Kier alpha value is -1.27. The molecule has 3 aliphatic heterocycles. The van der Waals surface area contributed by atoms with Crippen molar-refractivity contribution in [2.45, 2.75) is 48.5 Å². The van der Waals surface area contributed by atoms with Gasteiger partial charge in [-0.05, 0) is 31.0 Å². The zero-order valence-corrected chi connectivity index (χ0v) is 19.3. The number of carbonyl (C=O) groups is 1. The summed E-state index contributed by atoms with van der Waals surface area (Å²) in [5.74, 6) is 0.0161. The molecule has 32 heavy (non-hydrogen) atoms. The number of fused-ring (bicyclic) bond motifs is 1. The molecule has 0 saturated carbocycles. The van der Waals surface area contributed by atoms with Crippen LogP contribution in [0.2, 0.25) is 5.02 Å². The van der Waals surface area contributed by atoms with Gasteiger partial charge in [0.15, 0.2) is 0 Å². The number of aliphatic hydroxyl groups is 1. The summed E-state index contributed by atoms with van der Waals surface area (Å²) < 4.78 is 45.3. The molecule has 0 unspecified atom stereocenters. The van der Waals surface area contributed by atoms with Crippen molar-refractivity contribution in [1.29, 1.82) is 0 Å². The fourth-order valence-electron chi connectivity index (χ4n) is 4.47. The Morgan fingerprint density at radius 3 is 2.69 bits per heavy atom. The second-order valence-corrected chi connectivity index (χ2v) is 10.7. The minimum atomic E-state index is -3.92. The Balaban J connectivity index is 1.50. The average molecular weight is 489 g/mol. The topological polar surface area (TPSA) is 106 Å². The van der Waals surface area contributed by atoms with Crippen molar-refractivity contribution >= 4 is 27.5 Å². The second kappa shape index (κ2) is 10.3. The van der Waals surface area contributed by atoms with Crippen molar-refractivity contribution in [1.82, 2.24) is 9.21 Å². The summed E-state index contributed by atoms with van der Waals surface area (Å²) >= 11 is 6.03. The third-order valence-electron chi connectivity index (χ3n) is 6.10. The molecule has 1 amide bonds. The summed E-state index contributed by atoms with van der Waals surface area (Å²) in [5.41, 5.74) is 0. The van der Waals surface area contributed by atoms with Gasteiger partial charge in [-0.1, -0.05) is 17.7 Å². The third kappa shape index (κ3) is 5.44. The summed E-state index contributed by atoms with van der Waals surface area (Å²) in [6.07, 6.45) is -0.517. The lowest BCUT2D eigenvalue weighted by molar-refractivity contribution is -0.153. The van der Waals surface area contributed by atoms with Gasteiger partial charge in [-0.2, -0.15) is 4.31 Å². The van der Waals surface area contributed by atoms with E-state index in [0.29, 0.717) is 44.2 Å². The molecular formula is C21H29ClN2O7S. The Bertz CT molecular complexity index is 909. The van der Waals surface area contributed by atoms with Crippen LogP contribution in [-0.2, 0) is 29.0 Å². The largest absolute Gasteiger partial charge is 0.389 e. The molecule has 3 aliphatic rings. The lowest BCUT2D eigenvalue weighted by atomic mass is 9.96. The van der Waals surface area contributed by atoms with Crippen LogP contribution in [0.5, 0.6) is 0 Å². The van der Waals surface area contributed by atoms with Gasteiger partial charge in [-0.3, -0.25) is 4.79 Å². The van der Waals surface area contributed by atoms with Crippen LogP contribution in [0.1, 0.15) is 19.3 Å². The SMILES string of the molecule is O=C(C[C@H]1CC[C@@H]2[C@H](COC[C@@H](O)CN2S(=O)(=O)c2cccc(Cl)c2)O1)N1CCOCC1. The van der Waals surface area contributed by atoms with E-state index in [0.717, 1.165) is 0 Å². The number of benzene rings is 1. The average Bonchev–Trinajstić information content (AvgIpc) is 2.77. The van der Waals surface area contributed by atoms with Crippen molar-refractivity contribution in [3.05, 3.63) is 29.3 Å². The number of halogens is 1. The monoisotopic (exact) mass is 488 g/mol. The van der Waals surface area contributed by atoms with Crippen molar-refractivity contribution in [3.63, 3.8) is 0 Å². The molecule has 1 N–H and O–H groups in total. The molecule has 9 nitrogen and oxygen atoms in total. The number of nitrogens with zero attached hydrogens (tertiary/aromatic N) is 2. The first-order chi connectivity index (χ1) is 15.3. The summed E-state index contributed by atoms with van der Waals surface area (Å²) in [4.78, 5) is 14.5. The molecular weight excluding hydrogens is 460 g/mol. The lowest BCUT2D eigenvalue weighted by Crippen LogP contribution is -2.57. The molecule has 4 atom stereocenters. The van der Waals surface area contributed by atoms with Crippen LogP contribution in [0, 0.1) is 0 Å². The van der Waals surface area contributed by atoms with E-state index in [1.807, 2.05) is 0 Å². The number of carbonyl (C=O) groups excluding carboxylic acids is 1. The molecule has 3 fully saturated rings. The van der Waals surface area contributed by atoms with Crippen molar-refractivity contribution in [3.8, 4) is 0 Å². The minimum absolute atomic E-state index is 0.00548. The highest BCUT2D eigenvalue weighted by molar-refractivity contribution is 7.89. The molecule has 4 rings (SSSR count). The third-order valence-corrected chi connectivity index (χ3v) is 8.22. The maximum absolute atomic E-state index is 13.5. The summed E-state index contributed by atoms with van der Waals surface area (Å²) in [7, 11) is -3.92. The highest BCUT2D eigenvalue weighted by atomic mass is 35.5. The Morgan fingerprint density at radius 1 is 1.16 bits per heavy atom. The van der Waals surface area contributed by atoms with Gasteiger partial charge in [-0.25, -0.2) is 8.42 Å². The number of aliphatic hydroxyl groups excluding tert-OH is 1. The minimum Gasteiger partial charge on any atom is -0.389 e. The van der Waals surface area contributed by atoms with E-state index in [1.165, 1.54) is 16.4 Å². The van der Waals surface area contributed by atoms with Gasteiger partial charge in [0.25, 0.3) is 0 Å². The Morgan fingerprint density at radius 2 is 1.94 bits per heavy atom. The van der Waals surface area contributed by atoms with Gasteiger partial charge in [0, 0.05) is 24.7 Å². The second-order valence-electron chi connectivity index (χ2n) is 8.36. The van der Waals surface area contributed by atoms with Crippen molar-refractivity contribution in [2.75, 3.05) is 46.1 Å². The number of sulfonamides is 1. The van der Waals surface area contributed by atoms with Gasteiger partial charge < -0.3 is 24.2 Å². The van der Waals surface area contributed by atoms with Crippen LogP contribution < -0.4 is 0 Å². The molecule has 0 bridgehead atoms. The van der Waals surface area contributed by atoms with E-state index in [1.54, 1.807) is 17.0 Å². The van der Waals surface area contributed by atoms with E-state index in [9.17, 15) is 18.3 Å². The molecule has 178 valence electrons. The predicted octanol–water partition coefficient (Wildman–Crippen LogP) is 0.887. The van der Waals surface area contributed by atoms with Gasteiger partial charge >= 0.3 is 0 Å². The normalized spacial score (nSPS) is 30.2. The van der Waals surface area contributed by atoms with Gasteiger partial charge in [-0.15, -0.1) is 0 Å². The number of hydrogen-bond acceptors (Lipinski definition) is 7. The van der Waals surface area contributed by atoms with Crippen LogP contribution in [0.3, 0.4) is 0 Å². The maximum atomic E-state index is 13.5. The number of β-amino-alcohol motifs (C(OH)–C–C–N with tert-alkyl or cyclic N) is 1. The van der Waals surface area contributed by atoms with Crippen LogP contribution in [-0.4, -0.2) is 99.1 Å². The van der Waals surface area contributed by atoms with Crippen LogP contribution in [0.25, 0.3) is 0 Å². The molecule has 11 heteroatoms. The van der Waals surface area contributed by atoms with E-state index in [4.69, 9.17) is 25.8 Å². The van der Waals surface area contributed by atoms with Gasteiger partial charge in [0.1, 0.15) is 0 Å². The molecule has 1 aromatic carbocycles. The molecule has 1 aromatic rings. The highest BCUT2D eigenvalue weighted by Gasteiger charge is 2.43. The standard InChI is InChI=1S/C21H29ClN2O7S/c22-15-2-1-3-18(10-15)32(27,28)24-12-16(25)13-30-14-20-19(24)5-4-17(31-20)11-21(26)23-6-8-29-9-7-23/h1-3,10,16-17,19-20,25H,4-9,11-14H2/t16-,17+,19+,20-/m0/s1. The maximum Gasteiger partial charge on any atom is 0.243 e. The first-order valence-electron chi connectivity index (χ1n) is 10.9. The molecule has 0 spiro atoms. The molecule has 0 aromatic heterocycles. The van der Waals surface area contributed by atoms with Gasteiger partial charge in [0.05, 0.1) is 62.1 Å². The molecule has 3 heterocycles. The lowest BCUT2D eigenvalue weighted by Gasteiger charge is -2.43. The molecule has 0 radical (unpaired) electrons. The van der Waals surface area contributed by atoms with Crippen LogP contribution in [0.15, 0.2) is 29.2 Å². The zero-order chi connectivity index (χ0) is 22.7.